The fraction of sp³-hybridized carbons (Fsp3) is 0.800. The highest BCUT2D eigenvalue weighted by molar-refractivity contribution is 5.89. The number of rotatable bonds is 4. The van der Waals surface area contributed by atoms with Gasteiger partial charge in [0.15, 0.2) is 0 Å². The van der Waals surface area contributed by atoms with E-state index in [1.54, 1.807) is 6.92 Å². The lowest BCUT2D eigenvalue weighted by atomic mass is 10.1. The zero-order valence-corrected chi connectivity index (χ0v) is 9.51. The molecule has 0 spiro atoms. The lowest BCUT2D eigenvalue weighted by Crippen LogP contribution is -2.43. The molecule has 1 aliphatic rings. The van der Waals surface area contributed by atoms with Gasteiger partial charge < -0.3 is 10.2 Å². The topological polar surface area (TPSA) is 49.4 Å². The Kier molecular flexibility index (Phi) is 4.36. The number of hydrogen-bond acceptors (Lipinski definition) is 2. The number of halogens is 3. The SMILES string of the molecule is CCCN(CC(F)(F)F)C(=O)C1CNC(=O)C1. The second kappa shape index (κ2) is 5.37. The molecule has 1 fully saturated rings. The molecule has 1 heterocycles. The predicted molar refractivity (Wildman–Crippen MR) is 54.0 cm³/mol. The molecule has 1 aliphatic heterocycles. The molecule has 1 unspecified atom stereocenters. The smallest absolute Gasteiger partial charge is 0.355 e. The zero-order chi connectivity index (χ0) is 13.1. The summed E-state index contributed by atoms with van der Waals surface area (Å²) in [5.74, 6) is -1.54. The molecule has 0 aromatic rings. The highest BCUT2D eigenvalue weighted by atomic mass is 19.4. The largest absolute Gasteiger partial charge is 0.406 e. The van der Waals surface area contributed by atoms with Crippen LogP contribution in [0.5, 0.6) is 0 Å². The van der Waals surface area contributed by atoms with Crippen molar-refractivity contribution in [3.8, 4) is 0 Å². The zero-order valence-electron chi connectivity index (χ0n) is 9.51. The Bertz CT molecular complexity index is 304. The van der Waals surface area contributed by atoms with Crippen LogP contribution in [0.15, 0.2) is 0 Å². The predicted octanol–water partition coefficient (Wildman–Crippen LogP) is 0.923. The summed E-state index contributed by atoms with van der Waals surface area (Å²) in [6.45, 7) is 0.651. The molecule has 7 heteroatoms. The molecule has 0 aliphatic carbocycles. The first kappa shape index (κ1) is 13.8. The van der Waals surface area contributed by atoms with Gasteiger partial charge in [-0.1, -0.05) is 6.92 Å². The van der Waals surface area contributed by atoms with E-state index in [0.29, 0.717) is 6.42 Å². The molecule has 2 amide bonds. The summed E-state index contributed by atoms with van der Waals surface area (Å²) in [6.07, 6.45) is -3.96. The maximum absolute atomic E-state index is 12.3. The molecule has 0 aromatic carbocycles. The van der Waals surface area contributed by atoms with Crippen molar-refractivity contribution in [2.75, 3.05) is 19.6 Å². The van der Waals surface area contributed by atoms with Crippen molar-refractivity contribution in [3.05, 3.63) is 0 Å². The number of carbonyl (C=O) groups is 2. The summed E-state index contributed by atoms with van der Waals surface area (Å²) >= 11 is 0. The second-order valence-corrected chi connectivity index (χ2v) is 4.08. The molecular weight excluding hydrogens is 237 g/mol. The summed E-state index contributed by atoms with van der Waals surface area (Å²) < 4.78 is 36.8. The molecule has 4 nitrogen and oxygen atoms in total. The van der Waals surface area contributed by atoms with Crippen LogP contribution in [0.1, 0.15) is 19.8 Å². The van der Waals surface area contributed by atoms with Gasteiger partial charge in [-0.2, -0.15) is 13.2 Å². The maximum Gasteiger partial charge on any atom is 0.406 e. The molecule has 1 rings (SSSR count). The highest BCUT2D eigenvalue weighted by Gasteiger charge is 2.37. The summed E-state index contributed by atoms with van der Waals surface area (Å²) in [6, 6.07) is 0. The van der Waals surface area contributed by atoms with Crippen LogP contribution < -0.4 is 5.32 Å². The summed E-state index contributed by atoms with van der Waals surface area (Å²) in [4.78, 5) is 23.5. The van der Waals surface area contributed by atoms with Crippen LogP contribution in [0, 0.1) is 5.92 Å². The van der Waals surface area contributed by atoms with Gasteiger partial charge >= 0.3 is 6.18 Å². The molecule has 0 bridgehead atoms. The molecular formula is C10H15F3N2O2. The Morgan fingerprint density at radius 3 is 2.59 bits per heavy atom. The summed E-state index contributed by atoms with van der Waals surface area (Å²) in [7, 11) is 0. The van der Waals surface area contributed by atoms with Crippen LogP contribution in [0.2, 0.25) is 0 Å². The van der Waals surface area contributed by atoms with Gasteiger partial charge in [-0.25, -0.2) is 0 Å². The minimum absolute atomic E-state index is 0.0170. The minimum Gasteiger partial charge on any atom is -0.355 e. The van der Waals surface area contributed by atoms with Crippen LogP contribution in [0.25, 0.3) is 0 Å². The first-order chi connectivity index (χ1) is 7.83. The van der Waals surface area contributed by atoms with Crippen LogP contribution >= 0.6 is 0 Å². The Morgan fingerprint density at radius 2 is 2.18 bits per heavy atom. The summed E-state index contributed by atoms with van der Waals surface area (Å²) in [5.41, 5.74) is 0. The van der Waals surface area contributed by atoms with Gasteiger partial charge in [0.2, 0.25) is 11.8 Å². The molecule has 0 saturated carbocycles. The molecule has 1 atom stereocenters. The van der Waals surface area contributed by atoms with E-state index in [4.69, 9.17) is 0 Å². The van der Waals surface area contributed by atoms with Gasteiger partial charge in [0.1, 0.15) is 6.54 Å². The monoisotopic (exact) mass is 252 g/mol. The average Bonchev–Trinajstić information content (AvgIpc) is 2.61. The number of hydrogen-bond donors (Lipinski definition) is 1. The van der Waals surface area contributed by atoms with E-state index in [1.807, 2.05) is 0 Å². The molecule has 1 N–H and O–H groups in total. The van der Waals surface area contributed by atoms with E-state index in [9.17, 15) is 22.8 Å². The summed E-state index contributed by atoms with van der Waals surface area (Å²) in [5, 5.41) is 2.44. The Labute approximate surface area is 97.1 Å². The maximum atomic E-state index is 12.3. The van der Waals surface area contributed by atoms with Gasteiger partial charge in [-0.3, -0.25) is 9.59 Å². The molecule has 98 valence electrons. The van der Waals surface area contributed by atoms with Crippen LogP contribution in [-0.4, -0.2) is 42.5 Å². The normalized spacial score (nSPS) is 20.2. The van der Waals surface area contributed by atoms with Crippen molar-refractivity contribution in [2.24, 2.45) is 5.92 Å². The number of nitrogens with one attached hydrogen (secondary N) is 1. The third kappa shape index (κ3) is 4.24. The van der Waals surface area contributed by atoms with E-state index >= 15 is 0 Å². The highest BCUT2D eigenvalue weighted by Crippen LogP contribution is 2.20. The number of alkyl halides is 3. The Hall–Kier alpha value is -1.27. The Balaban J connectivity index is 2.63. The fourth-order valence-corrected chi connectivity index (χ4v) is 1.79. The van der Waals surface area contributed by atoms with E-state index in [2.05, 4.69) is 5.32 Å². The quantitative estimate of drug-likeness (QED) is 0.809. The van der Waals surface area contributed by atoms with E-state index in [0.717, 1.165) is 4.90 Å². The fourth-order valence-electron chi connectivity index (χ4n) is 1.79. The second-order valence-electron chi connectivity index (χ2n) is 4.08. The molecule has 0 radical (unpaired) electrons. The minimum atomic E-state index is -4.40. The van der Waals surface area contributed by atoms with Crippen LogP contribution in [0.4, 0.5) is 13.2 Å². The number of amides is 2. The average molecular weight is 252 g/mol. The third-order valence-electron chi connectivity index (χ3n) is 2.50. The van der Waals surface area contributed by atoms with Crippen molar-refractivity contribution in [1.82, 2.24) is 10.2 Å². The van der Waals surface area contributed by atoms with Crippen LogP contribution in [0.3, 0.4) is 0 Å². The van der Waals surface area contributed by atoms with E-state index in [1.165, 1.54) is 0 Å². The lowest BCUT2D eigenvalue weighted by molar-refractivity contribution is -0.163. The molecule has 17 heavy (non-hydrogen) atoms. The van der Waals surface area contributed by atoms with Gasteiger partial charge in [-0.05, 0) is 6.42 Å². The lowest BCUT2D eigenvalue weighted by Gasteiger charge is -2.25. The van der Waals surface area contributed by atoms with Crippen molar-refractivity contribution < 1.29 is 22.8 Å². The van der Waals surface area contributed by atoms with E-state index in [-0.39, 0.29) is 25.4 Å². The van der Waals surface area contributed by atoms with Gasteiger partial charge in [0, 0.05) is 19.5 Å². The van der Waals surface area contributed by atoms with Crippen molar-refractivity contribution >= 4 is 11.8 Å². The Morgan fingerprint density at radius 1 is 1.53 bits per heavy atom. The standard InChI is InChI=1S/C10H15F3N2O2/c1-2-3-15(6-10(11,12)13)9(17)7-4-8(16)14-5-7/h7H,2-6H2,1H3,(H,14,16). The number of carbonyl (C=O) groups excluding carboxylic acids is 2. The first-order valence-electron chi connectivity index (χ1n) is 5.45. The molecule has 0 aromatic heterocycles. The van der Waals surface area contributed by atoms with Crippen molar-refractivity contribution in [3.63, 3.8) is 0 Å². The van der Waals surface area contributed by atoms with Crippen molar-refractivity contribution in [2.45, 2.75) is 25.9 Å². The first-order valence-corrected chi connectivity index (χ1v) is 5.45. The van der Waals surface area contributed by atoms with Gasteiger partial charge in [0.25, 0.3) is 0 Å². The van der Waals surface area contributed by atoms with Crippen molar-refractivity contribution in [1.29, 1.82) is 0 Å². The molecule has 1 saturated heterocycles. The van der Waals surface area contributed by atoms with Gasteiger partial charge in [-0.15, -0.1) is 0 Å². The van der Waals surface area contributed by atoms with Gasteiger partial charge in [0.05, 0.1) is 5.92 Å². The van der Waals surface area contributed by atoms with E-state index < -0.39 is 24.5 Å². The number of nitrogens with zero attached hydrogens (tertiary/aromatic N) is 1. The third-order valence-corrected chi connectivity index (χ3v) is 2.50. The van der Waals surface area contributed by atoms with Crippen LogP contribution in [-0.2, 0) is 9.59 Å².